The van der Waals surface area contributed by atoms with Crippen molar-refractivity contribution in [2.45, 2.75) is 20.3 Å². The zero-order valence-corrected chi connectivity index (χ0v) is 14.3. The molecule has 0 aliphatic heterocycles. The van der Waals surface area contributed by atoms with Crippen molar-refractivity contribution in [2.24, 2.45) is 0 Å². The highest BCUT2D eigenvalue weighted by atomic mass is 35.5. The average molecular weight is 347 g/mol. The fraction of sp³-hybridized carbons (Fsp3) is 0.222. The predicted octanol–water partition coefficient (Wildman–Crippen LogP) is 3.84. The third-order valence-electron chi connectivity index (χ3n) is 3.47. The van der Waals surface area contributed by atoms with Crippen LogP contribution in [0.3, 0.4) is 0 Å². The molecule has 2 aromatic rings. The van der Waals surface area contributed by atoms with Gasteiger partial charge in [-0.3, -0.25) is 9.59 Å². The van der Waals surface area contributed by atoms with E-state index >= 15 is 0 Å². The van der Waals surface area contributed by atoms with Crippen LogP contribution in [0.4, 0.5) is 11.4 Å². The minimum absolute atomic E-state index is 0.00208. The fourth-order valence-electron chi connectivity index (χ4n) is 2.07. The van der Waals surface area contributed by atoms with E-state index < -0.39 is 0 Å². The largest absolute Gasteiger partial charge is 0.482 e. The van der Waals surface area contributed by atoms with Crippen LogP contribution in [0.5, 0.6) is 5.75 Å². The average Bonchev–Trinajstić information content (AvgIpc) is 2.56. The summed E-state index contributed by atoms with van der Waals surface area (Å²) in [5.41, 5.74) is 8.24. The van der Waals surface area contributed by atoms with Crippen molar-refractivity contribution in [3.63, 3.8) is 0 Å². The van der Waals surface area contributed by atoms with Crippen molar-refractivity contribution >= 4 is 34.7 Å². The van der Waals surface area contributed by atoms with Gasteiger partial charge in [0, 0.05) is 22.7 Å². The molecule has 0 bridgehead atoms. The number of amides is 1. The first-order valence-electron chi connectivity index (χ1n) is 7.52. The molecule has 0 aliphatic rings. The molecule has 0 aromatic heterocycles. The molecular formula is C18H19ClN2O3. The van der Waals surface area contributed by atoms with Gasteiger partial charge in [-0.2, -0.15) is 0 Å². The summed E-state index contributed by atoms with van der Waals surface area (Å²) in [4.78, 5) is 23.6. The molecule has 126 valence electrons. The van der Waals surface area contributed by atoms with E-state index in [-0.39, 0.29) is 18.3 Å². The number of ketones is 1. The van der Waals surface area contributed by atoms with Gasteiger partial charge in [0.2, 0.25) is 0 Å². The molecular weight excluding hydrogens is 328 g/mol. The van der Waals surface area contributed by atoms with Gasteiger partial charge >= 0.3 is 0 Å². The number of nitrogen functional groups attached to an aromatic ring is 1. The Balaban J connectivity index is 1.96. The van der Waals surface area contributed by atoms with Gasteiger partial charge in [0.1, 0.15) is 5.75 Å². The first kappa shape index (κ1) is 17.8. The minimum atomic E-state index is -0.331. The van der Waals surface area contributed by atoms with Gasteiger partial charge in [-0.15, -0.1) is 0 Å². The van der Waals surface area contributed by atoms with Crippen LogP contribution in [0, 0.1) is 6.92 Å². The quantitative estimate of drug-likeness (QED) is 0.615. The number of ether oxygens (including phenoxy) is 1. The van der Waals surface area contributed by atoms with Gasteiger partial charge in [-0.1, -0.05) is 24.6 Å². The summed E-state index contributed by atoms with van der Waals surface area (Å²) in [6.45, 7) is 3.47. The molecule has 24 heavy (non-hydrogen) atoms. The van der Waals surface area contributed by atoms with Crippen LogP contribution in [-0.4, -0.2) is 18.3 Å². The van der Waals surface area contributed by atoms with E-state index in [1.165, 1.54) is 0 Å². The summed E-state index contributed by atoms with van der Waals surface area (Å²) >= 11 is 6.02. The van der Waals surface area contributed by atoms with Crippen LogP contribution < -0.4 is 15.8 Å². The summed E-state index contributed by atoms with van der Waals surface area (Å²) in [6.07, 6.45) is 0.404. The summed E-state index contributed by atoms with van der Waals surface area (Å²) < 4.78 is 5.41. The van der Waals surface area contributed by atoms with Crippen molar-refractivity contribution in [1.29, 1.82) is 0 Å². The SMILES string of the molecule is CCC(=O)c1ccc(OCC(=O)Nc2ccc(C)c(Cl)c2)c(N)c1. The zero-order chi connectivity index (χ0) is 17.7. The first-order valence-corrected chi connectivity index (χ1v) is 7.90. The molecule has 1 amide bonds. The van der Waals surface area contributed by atoms with Crippen LogP contribution in [0.25, 0.3) is 0 Å². The van der Waals surface area contributed by atoms with Crippen molar-refractivity contribution in [2.75, 3.05) is 17.7 Å². The third kappa shape index (κ3) is 4.49. The van der Waals surface area contributed by atoms with Crippen LogP contribution in [-0.2, 0) is 4.79 Å². The Kier molecular flexibility index (Phi) is 5.82. The topological polar surface area (TPSA) is 81.4 Å². The van der Waals surface area contributed by atoms with Crippen LogP contribution in [0.1, 0.15) is 29.3 Å². The lowest BCUT2D eigenvalue weighted by molar-refractivity contribution is -0.118. The Bertz CT molecular complexity index is 775. The number of nitrogens with one attached hydrogen (secondary N) is 1. The third-order valence-corrected chi connectivity index (χ3v) is 3.87. The van der Waals surface area contributed by atoms with Crippen molar-refractivity contribution in [1.82, 2.24) is 0 Å². The lowest BCUT2D eigenvalue weighted by Crippen LogP contribution is -2.20. The van der Waals surface area contributed by atoms with E-state index in [1.807, 2.05) is 13.0 Å². The lowest BCUT2D eigenvalue weighted by Gasteiger charge is -2.11. The standard InChI is InChI=1S/C18H19ClN2O3/c1-3-16(22)12-5-7-17(15(20)8-12)24-10-18(23)21-13-6-4-11(2)14(19)9-13/h4-9H,3,10,20H2,1-2H3,(H,21,23). The normalized spacial score (nSPS) is 10.3. The van der Waals surface area contributed by atoms with E-state index in [4.69, 9.17) is 22.1 Å². The van der Waals surface area contributed by atoms with E-state index in [0.717, 1.165) is 5.56 Å². The van der Waals surface area contributed by atoms with E-state index in [1.54, 1.807) is 37.3 Å². The van der Waals surface area contributed by atoms with Gasteiger partial charge in [0.25, 0.3) is 5.91 Å². The molecule has 0 atom stereocenters. The second kappa shape index (κ2) is 7.84. The lowest BCUT2D eigenvalue weighted by atomic mass is 10.1. The van der Waals surface area contributed by atoms with Crippen molar-refractivity contribution in [3.8, 4) is 5.75 Å². The highest BCUT2D eigenvalue weighted by Crippen LogP contribution is 2.23. The number of aryl methyl sites for hydroxylation is 1. The molecule has 0 radical (unpaired) electrons. The maximum Gasteiger partial charge on any atom is 0.262 e. The van der Waals surface area contributed by atoms with Gasteiger partial charge in [0.05, 0.1) is 5.69 Å². The number of Topliss-reactive ketones (excluding diaryl/α,β-unsaturated/α-hetero) is 1. The zero-order valence-electron chi connectivity index (χ0n) is 13.6. The van der Waals surface area contributed by atoms with Crippen LogP contribution in [0.2, 0.25) is 5.02 Å². The molecule has 3 N–H and O–H groups in total. The second-order valence-electron chi connectivity index (χ2n) is 5.33. The summed E-state index contributed by atoms with van der Waals surface area (Å²) in [5, 5.41) is 3.27. The Hall–Kier alpha value is -2.53. The first-order chi connectivity index (χ1) is 11.4. The number of benzene rings is 2. The minimum Gasteiger partial charge on any atom is -0.482 e. The predicted molar refractivity (Wildman–Crippen MR) is 95.8 cm³/mol. The molecule has 2 aromatic carbocycles. The number of nitrogens with two attached hydrogens (primary N) is 1. The number of hydrogen-bond acceptors (Lipinski definition) is 4. The Morgan fingerprint density at radius 2 is 1.96 bits per heavy atom. The highest BCUT2D eigenvalue weighted by Gasteiger charge is 2.10. The Morgan fingerprint density at radius 1 is 1.21 bits per heavy atom. The summed E-state index contributed by atoms with van der Waals surface area (Å²) in [6, 6.07) is 10.0. The monoisotopic (exact) mass is 346 g/mol. The number of rotatable bonds is 6. The number of carbonyl (C=O) groups excluding carboxylic acids is 2. The number of hydrogen-bond donors (Lipinski definition) is 2. The van der Waals surface area contributed by atoms with Crippen LogP contribution >= 0.6 is 11.6 Å². The Morgan fingerprint density at radius 3 is 2.58 bits per heavy atom. The van der Waals surface area contributed by atoms with Crippen molar-refractivity contribution < 1.29 is 14.3 Å². The molecule has 0 aliphatic carbocycles. The van der Waals surface area contributed by atoms with Crippen molar-refractivity contribution in [3.05, 3.63) is 52.5 Å². The summed E-state index contributed by atoms with van der Waals surface area (Å²) in [5.74, 6) is 0.0324. The molecule has 5 nitrogen and oxygen atoms in total. The van der Waals surface area contributed by atoms with E-state index in [9.17, 15) is 9.59 Å². The smallest absolute Gasteiger partial charge is 0.262 e. The molecule has 0 saturated carbocycles. The molecule has 0 saturated heterocycles. The summed E-state index contributed by atoms with van der Waals surface area (Å²) in [7, 11) is 0. The Labute approximate surface area is 145 Å². The molecule has 2 rings (SSSR count). The number of carbonyl (C=O) groups is 2. The maximum atomic E-state index is 11.9. The molecule has 0 spiro atoms. The molecule has 6 heteroatoms. The number of halogens is 1. The van der Waals surface area contributed by atoms with E-state index in [2.05, 4.69) is 5.32 Å². The van der Waals surface area contributed by atoms with Gasteiger partial charge in [0.15, 0.2) is 12.4 Å². The van der Waals surface area contributed by atoms with Crippen LogP contribution in [0.15, 0.2) is 36.4 Å². The number of anilines is 2. The maximum absolute atomic E-state index is 11.9. The molecule has 0 heterocycles. The van der Waals surface area contributed by atoms with Gasteiger partial charge in [-0.05, 0) is 42.8 Å². The highest BCUT2D eigenvalue weighted by molar-refractivity contribution is 6.31. The fourth-order valence-corrected chi connectivity index (χ4v) is 2.25. The second-order valence-corrected chi connectivity index (χ2v) is 5.74. The molecule has 0 unspecified atom stereocenters. The van der Waals surface area contributed by atoms with Gasteiger partial charge < -0.3 is 15.8 Å². The van der Waals surface area contributed by atoms with E-state index in [0.29, 0.717) is 34.1 Å². The van der Waals surface area contributed by atoms with Gasteiger partial charge in [-0.25, -0.2) is 0 Å². The molecule has 0 fully saturated rings.